The second-order valence-corrected chi connectivity index (χ2v) is 4.77. The molecule has 0 aliphatic heterocycles. The van der Waals surface area contributed by atoms with Gasteiger partial charge in [-0.05, 0) is 37.5 Å². The van der Waals surface area contributed by atoms with Gasteiger partial charge in [-0.3, -0.25) is 9.59 Å². The van der Waals surface area contributed by atoms with Crippen LogP contribution in [0, 0.1) is 12.7 Å². The molecule has 1 fully saturated rings. The highest BCUT2D eigenvalue weighted by molar-refractivity contribution is 5.94. The fourth-order valence-corrected chi connectivity index (χ4v) is 2.15. The van der Waals surface area contributed by atoms with Gasteiger partial charge in [0.15, 0.2) is 0 Å². The number of hydrogen-bond donors (Lipinski definition) is 1. The van der Waals surface area contributed by atoms with E-state index in [1.54, 1.807) is 13.0 Å². The highest BCUT2D eigenvalue weighted by Crippen LogP contribution is 2.16. The molecule has 1 aliphatic carbocycles. The summed E-state index contributed by atoms with van der Waals surface area (Å²) in [5.41, 5.74) is 0.852. The lowest BCUT2D eigenvalue weighted by Crippen LogP contribution is -2.38. The molecule has 0 heterocycles. The van der Waals surface area contributed by atoms with E-state index < -0.39 is 11.7 Å². The molecule has 0 unspecified atom stereocenters. The van der Waals surface area contributed by atoms with E-state index >= 15 is 0 Å². The predicted octanol–water partition coefficient (Wildman–Crippen LogP) is 2.38. The minimum absolute atomic E-state index is 0.0177. The van der Waals surface area contributed by atoms with Crippen LogP contribution in [0.5, 0.6) is 0 Å². The zero-order valence-corrected chi connectivity index (χ0v) is 10.3. The molecular weight excluding hydrogens is 233 g/mol. The van der Waals surface area contributed by atoms with E-state index in [1.807, 2.05) is 0 Å². The summed E-state index contributed by atoms with van der Waals surface area (Å²) in [6.45, 7) is 1.78. The van der Waals surface area contributed by atoms with Gasteiger partial charge in [0, 0.05) is 18.9 Å². The van der Waals surface area contributed by atoms with Crippen LogP contribution in [-0.4, -0.2) is 17.7 Å². The second kappa shape index (κ2) is 5.29. The molecule has 96 valence electrons. The van der Waals surface area contributed by atoms with Crippen LogP contribution < -0.4 is 5.32 Å². The Balaban J connectivity index is 2.01. The maximum absolute atomic E-state index is 13.6. The highest BCUT2D eigenvalue weighted by atomic mass is 19.1. The van der Waals surface area contributed by atoms with Crippen molar-refractivity contribution in [2.24, 2.45) is 0 Å². The maximum atomic E-state index is 13.6. The van der Waals surface area contributed by atoms with Gasteiger partial charge in [-0.25, -0.2) is 4.39 Å². The number of Topliss-reactive ketones (excluding diaryl/α,β-unsaturated/α-hetero) is 1. The van der Waals surface area contributed by atoms with Crippen molar-refractivity contribution in [3.8, 4) is 0 Å². The number of carbonyl (C=O) groups excluding carboxylic acids is 2. The van der Waals surface area contributed by atoms with Gasteiger partial charge >= 0.3 is 0 Å². The van der Waals surface area contributed by atoms with Crippen LogP contribution in [0.4, 0.5) is 4.39 Å². The molecule has 0 aromatic heterocycles. The van der Waals surface area contributed by atoms with Crippen molar-refractivity contribution in [1.29, 1.82) is 0 Å². The van der Waals surface area contributed by atoms with Crippen molar-refractivity contribution >= 4 is 11.7 Å². The zero-order valence-electron chi connectivity index (χ0n) is 10.3. The maximum Gasteiger partial charge on any atom is 0.254 e. The summed E-state index contributed by atoms with van der Waals surface area (Å²) in [6, 6.07) is 4.53. The van der Waals surface area contributed by atoms with Gasteiger partial charge in [0.05, 0.1) is 5.56 Å². The SMILES string of the molecule is Cc1ccc(C(=O)NC2CCC(=O)CC2)c(F)c1. The fraction of sp³-hybridized carbons (Fsp3) is 0.429. The van der Waals surface area contributed by atoms with Crippen LogP contribution in [-0.2, 0) is 4.79 Å². The molecule has 4 heteroatoms. The van der Waals surface area contributed by atoms with Crippen molar-refractivity contribution in [1.82, 2.24) is 5.32 Å². The first kappa shape index (κ1) is 12.7. The lowest BCUT2D eigenvalue weighted by molar-refractivity contribution is -0.120. The van der Waals surface area contributed by atoms with E-state index in [0.29, 0.717) is 25.7 Å². The summed E-state index contributed by atoms with van der Waals surface area (Å²) in [4.78, 5) is 23.0. The number of nitrogens with one attached hydrogen (secondary N) is 1. The summed E-state index contributed by atoms with van der Waals surface area (Å²) >= 11 is 0. The molecule has 1 amide bonds. The topological polar surface area (TPSA) is 46.2 Å². The van der Waals surface area contributed by atoms with Crippen molar-refractivity contribution < 1.29 is 14.0 Å². The number of aryl methyl sites for hydroxylation is 1. The summed E-state index contributed by atoms with van der Waals surface area (Å²) < 4.78 is 13.6. The summed E-state index contributed by atoms with van der Waals surface area (Å²) in [6.07, 6.45) is 2.30. The third-order valence-electron chi connectivity index (χ3n) is 3.25. The first-order valence-electron chi connectivity index (χ1n) is 6.15. The van der Waals surface area contributed by atoms with Gasteiger partial charge in [0.25, 0.3) is 5.91 Å². The highest BCUT2D eigenvalue weighted by Gasteiger charge is 2.21. The quantitative estimate of drug-likeness (QED) is 0.874. The Labute approximate surface area is 105 Å². The van der Waals surface area contributed by atoms with Crippen molar-refractivity contribution in [2.75, 3.05) is 0 Å². The molecule has 3 nitrogen and oxygen atoms in total. The average molecular weight is 249 g/mol. The summed E-state index contributed by atoms with van der Waals surface area (Å²) in [5, 5.41) is 2.78. The molecule has 2 rings (SSSR count). The van der Waals surface area contributed by atoms with Crippen molar-refractivity contribution in [3.05, 3.63) is 35.1 Å². The zero-order chi connectivity index (χ0) is 13.1. The van der Waals surface area contributed by atoms with Gasteiger partial charge < -0.3 is 5.32 Å². The Morgan fingerprint density at radius 2 is 2.00 bits per heavy atom. The summed E-state index contributed by atoms with van der Waals surface area (Å²) in [7, 11) is 0. The molecule has 1 aromatic carbocycles. The van der Waals surface area contributed by atoms with Crippen LogP contribution in [0.2, 0.25) is 0 Å². The minimum atomic E-state index is -0.501. The Morgan fingerprint density at radius 1 is 1.33 bits per heavy atom. The van der Waals surface area contributed by atoms with E-state index in [-0.39, 0.29) is 17.4 Å². The monoisotopic (exact) mass is 249 g/mol. The third kappa shape index (κ3) is 2.94. The minimum Gasteiger partial charge on any atom is -0.349 e. The second-order valence-electron chi connectivity index (χ2n) is 4.77. The van der Waals surface area contributed by atoms with E-state index in [0.717, 1.165) is 5.56 Å². The van der Waals surface area contributed by atoms with Crippen molar-refractivity contribution in [2.45, 2.75) is 38.6 Å². The smallest absolute Gasteiger partial charge is 0.254 e. The number of carbonyl (C=O) groups is 2. The predicted molar refractivity (Wildman–Crippen MR) is 65.9 cm³/mol. The normalized spacial score (nSPS) is 16.7. The molecule has 0 spiro atoms. The van der Waals surface area contributed by atoms with Crippen molar-refractivity contribution in [3.63, 3.8) is 0 Å². The van der Waals surface area contributed by atoms with Crippen LogP contribution in [0.3, 0.4) is 0 Å². The van der Waals surface area contributed by atoms with Gasteiger partial charge in [-0.1, -0.05) is 6.07 Å². The number of ketones is 1. The molecule has 1 saturated carbocycles. The lowest BCUT2D eigenvalue weighted by Gasteiger charge is -2.22. The molecule has 1 aliphatic rings. The fourth-order valence-electron chi connectivity index (χ4n) is 2.15. The first-order chi connectivity index (χ1) is 8.56. The largest absolute Gasteiger partial charge is 0.349 e. The molecule has 18 heavy (non-hydrogen) atoms. The van der Waals surface area contributed by atoms with E-state index in [2.05, 4.69) is 5.32 Å². The number of hydrogen-bond acceptors (Lipinski definition) is 2. The van der Waals surface area contributed by atoms with E-state index in [4.69, 9.17) is 0 Å². The van der Waals surface area contributed by atoms with Crippen LogP contribution in [0.15, 0.2) is 18.2 Å². The van der Waals surface area contributed by atoms with Gasteiger partial charge in [0.2, 0.25) is 0 Å². The molecule has 0 radical (unpaired) electrons. The Hall–Kier alpha value is -1.71. The Bertz CT molecular complexity index is 475. The van der Waals surface area contributed by atoms with Crippen LogP contribution in [0.1, 0.15) is 41.6 Å². The Kier molecular flexibility index (Phi) is 3.75. The molecule has 0 saturated heterocycles. The first-order valence-corrected chi connectivity index (χ1v) is 6.15. The third-order valence-corrected chi connectivity index (χ3v) is 3.25. The van der Waals surface area contributed by atoms with E-state index in [1.165, 1.54) is 12.1 Å². The lowest BCUT2D eigenvalue weighted by atomic mass is 9.94. The average Bonchev–Trinajstić information content (AvgIpc) is 2.32. The molecule has 1 aromatic rings. The van der Waals surface area contributed by atoms with Gasteiger partial charge in [-0.2, -0.15) is 0 Å². The van der Waals surface area contributed by atoms with E-state index in [9.17, 15) is 14.0 Å². The molecule has 1 N–H and O–H groups in total. The number of amides is 1. The number of halogens is 1. The van der Waals surface area contributed by atoms with Gasteiger partial charge in [0.1, 0.15) is 11.6 Å². The molecular formula is C14H16FNO2. The molecule has 0 atom stereocenters. The number of rotatable bonds is 2. The standard InChI is InChI=1S/C14H16FNO2/c1-9-2-7-12(13(15)8-9)14(18)16-10-3-5-11(17)6-4-10/h2,7-8,10H,3-6H2,1H3,(H,16,18). The summed E-state index contributed by atoms with van der Waals surface area (Å²) in [5.74, 6) is -0.659. The van der Waals surface area contributed by atoms with Crippen LogP contribution in [0.25, 0.3) is 0 Å². The molecule has 0 bridgehead atoms. The number of benzene rings is 1. The Morgan fingerprint density at radius 3 is 2.61 bits per heavy atom. The van der Waals surface area contributed by atoms with Crippen LogP contribution >= 0.6 is 0 Å². The van der Waals surface area contributed by atoms with Gasteiger partial charge in [-0.15, -0.1) is 0 Å².